The number of halogens is 2. The first-order chi connectivity index (χ1) is 9.15. The lowest BCUT2D eigenvalue weighted by molar-refractivity contribution is -0.0182. The molecule has 0 bridgehead atoms. The lowest BCUT2D eigenvalue weighted by Crippen LogP contribution is -2.44. The quantitative estimate of drug-likeness (QED) is 0.886. The zero-order valence-electron chi connectivity index (χ0n) is 11.1. The van der Waals surface area contributed by atoms with E-state index in [4.69, 9.17) is 4.74 Å². The van der Waals surface area contributed by atoms with Gasteiger partial charge in [0.25, 0.3) is 6.43 Å². The van der Waals surface area contributed by atoms with Gasteiger partial charge in [-0.3, -0.25) is 0 Å². The van der Waals surface area contributed by atoms with Gasteiger partial charge in [-0.2, -0.15) is 0 Å². The average Bonchev–Trinajstić information content (AvgIpc) is 2.39. The molecule has 1 saturated heterocycles. The lowest BCUT2D eigenvalue weighted by atomic mass is 10.1. The van der Waals surface area contributed by atoms with Gasteiger partial charge in [0.1, 0.15) is 0 Å². The highest BCUT2D eigenvalue weighted by Crippen LogP contribution is 2.18. The van der Waals surface area contributed by atoms with E-state index >= 15 is 0 Å². The maximum atomic E-state index is 12.4. The topological polar surface area (TPSA) is 24.5 Å². The number of nitrogens with one attached hydrogen (secondary N) is 1. The van der Waals surface area contributed by atoms with Crippen molar-refractivity contribution in [1.29, 1.82) is 0 Å². The number of benzene rings is 1. The second-order valence-electron chi connectivity index (χ2n) is 4.93. The summed E-state index contributed by atoms with van der Waals surface area (Å²) >= 11 is 0. The standard InChI is InChI=1S/C14H20F2N2O/c1-18-6-7-19-13(10-18)9-17-8-11-2-4-12(5-3-11)14(15)16/h2-5,13-14,17H,6-10H2,1H3. The molecule has 0 saturated carbocycles. The molecule has 3 nitrogen and oxygen atoms in total. The highest BCUT2D eigenvalue weighted by atomic mass is 19.3. The van der Waals surface area contributed by atoms with E-state index in [0.717, 1.165) is 31.8 Å². The molecule has 1 fully saturated rings. The normalized spacial score (nSPS) is 20.9. The van der Waals surface area contributed by atoms with E-state index < -0.39 is 6.43 Å². The Morgan fingerprint density at radius 2 is 2.11 bits per heavy atom. The van der Waals surface area contributed by atoms with E-state index in [2.05, 4.69) is 17.3 Å². The summed E-state index contributed by atoms with van der Waals surface area (Å²) in [7, 11) is 2.08. The Balaban J connectivity index is 1.73. The van der Waals surface area contributed by atoms with E-state index in [1.807, 2.05) is 0 Å². The monoisotopic (exact) mass is 270 g/mol. The minimum absolute atomic E-state index is 0.0704. The van der Waals surface area contributed by atoms with Crippen molar-refractivity contribution in [2.75, 3.05) is 33.3 Å². The van der Waals surface area contributed by atoms with Crippen molar-refractivity contribution in [3.05, 3.63) is 35.4 Å². The van der Waals surface area contributed by atoms with Crippen molar-refractivity contribution < 1.29 is 13.5 Å². The number of hydrogen-bond acceptors (Lipinski definition) is 3. The van der Waals surface area contributed by atoms with Gasteiger partial charge in [-0.1, -0.05) is 24.3 Å². The molecule has 1 aromatic carbocycles. The van der Waals surface area contributed by atoms with Crippen molar-refractivity contribution >= 4 is 0 Å². The summed E-state index contributed by atoms with van der Waals surface area (Å²) in [5.41, 5.74) is 1.08. The van der Waals surface area contributed by atoms with Gasteiger partial charge in [-0.25, -0.2) is 8.78 Å². The number of ether oxygens (including phenoxy) is 1. The van der Waals surface area contributed by atoms with Crippen molar-refractivity contribution in [1.82, 2.24) is 10.2 Å². The van der Waals surface area contributed by atoms with Gasteiger partial charge in [0.15, 0.2) is 0 Å². The Bertz CT molecular complexity index is 384. The molecular weight excluding hydrogens is 250 g/mol. The summed E-state index contributed by atoms with van der Waals surface area (Å²) in [5.74, 6) is 0. The van der Waals surface area contributed by atoms with Crippen LogP contribution in [0.2, 0.25) is 0 Å². The minimum atomic E-state index is -2.40. The third-order valence-electron chi connectivity index (χ3n) is 3.27. The fraction of sp³-hybridized carbons (Fsp3) is 0.571. The van der Waals surface area contributed by atoms with Gasteiger partial charge in [0, 0.05) is 31.7 Å². The Hall–Kier alpha value is -1.04. The molecule has 1 atom stereocenters. The molecule has 0 aliphatic carbocycles. The third kappa shape index (κ3) is 4.53. The number of alkyl halides is 2. The van der Waals surface area contributed by atoms with Crippen LogP contribution in [0.25, 0.3) is 0 Å². The van der Waals surface area contributed by atoms with Crippen molar-refractivity contribution in [2.24, 2.45) is 0 Å². The molecule has 1 aliphatic rings. The SMILES string of the molecule is CN1CCOC(CNCc2ccc(C(F)F)cc2)C1. The predicted octanol–water partition coefficient (Wildman–Crippen LogP) is 2.04. The first kappa shape index (κ1) is 14.4. The van der Waals surface area contributed by atoms with E-state index in [0.29, 0.717) is 6.54 Å². The molecule has 1 aromatic rings. The summed E-state index contributed by atoms with van der Waals surface area (Å²) in [5, 5.41) is 3.30. The van der Waals surface area contributed by atoms with E-state index in [9.17, 15) is 8.78 Å². The number of hydrogen-bond donors (Lipinski definition) is 1. The van der Waals surface area contributed by atoms with Gasteiger partial charge in [-0.05, 0) is 12.6 Å². The molecule has 1 heterocycles. The maximum absolute atomic E-state index is 12.4. The Morgan fingerprint density at radius 3 is 2.74 bits per heavy atom. The fourth-order valence-electron chi connectivity index (χ4n) is 2.15. The van der Waals surface area contributed by atoms with Gasteiger partial charge < -0.3 is 15.0 Å². The smallest absolute Gasteiger partial charge is 0.263 e. The van der Waals surface area contributed by atoms with Gasteiger partial charge in [0.05, 0.1) is 12.7 Å². The third-order valence-corrected chi connectivity index (χ3v) is 3.27. The number of morpholine rings is 1. The maximum Gasteiger partial charge on any atom is 0.263 e. The summed E-state index contributed by atoms with van der Waals surface area (Å²) in [6.07, 6.45) is -2.19. The van der Waals surface area contributed by atoms with Crippen LogP contribution in [0.3, 0.4) is 0 Å². The summed E-state index contributed by atoms with van der Waals surface area (Å²) < 4.78 is 30.4. The van der Waals surface area contributed by atoms with Crippen LogP contribution in [0.1, 0.15) is 17.6 Å². The number of nitrogens with zero attached hydrogens (tertiary/aromatic N) is 1. The first-order valence-corrected chi connectivity index (χ1v) is 6.53. The van der Waals surface area contributed by atoms with Crippen molar-refractivity contribution in [3.8, 4) is 0 Å². The van der Waals surface area contributed by atoms with Gasteiger partial charge in [0.2, 0.25) is 0 Å². The number of rotatable bonds is 5. The molecule has 0 radical (unpaired) electrons. The van der Waals surface area contributed by atoms with Crippen molar-refractivity contribution in [2.45, 2.75) is 19.1 Å². The molecule has 1 aliphatic heterocycles. The van der Waals surface area contributed by atoms with E-state index in [1.54, 1.807) is 12.1 Å². The van der Waals surface area contributed by atoms with Gasteiger partial charge >= 0.3 is 0 Å². The largest absolute Gasteiger partial charge is 0.374 e. The van der Waals surface area contributed by atoms with Crippen LogP contribution in [0.4, 0.5) is 8.78 Å². The van der Waals surface area contributed by atoms with Crippen LogP contribution in [-0.4, -0.2) is 44.3 Å². The molecule has 0 amide bonds. The first-order valence-electron chi connectivity index (χ1n) is 6.53. The lowest BCUT2D eigenvalue weighted by Gasteiger charge is -2.30. The van der Waals surface area contributed by atoms with E-state index in [-0.39, 0.29) is 11.7 Å². The molecular formula is C14H20F2N2O. The highest BCUT2D eigenvalue weighted by Gasteiger charge is 2.16. The molecule has 0 spiro atoms. The second kappa shape index (κ2) is 6.93. The summed E-state index contributed by atoms with van der Waals surface area (Å²) in [6.45, 7) is 4.13. The Kier molecular flexibility index (Phi) is 5.24. The Labute approximate surface area is 112 Å². The zero-order chi connectivity index (χ0) is 13.7. The van der Waals surface area contributed by atoms with Crippen molar-refractivity contribution in [3.63, 3.8) is 0 Å². The minimum Gasteiger partial charge on any atom is -0.374 e. The molecule has 1 unspecified atom stereocenters. The molecule has 2 rings (SSSR count). The molecule has 106 valence electrons. The predicted molar refractivity (Wildman–Crippen MR) is 70.3 cm³/mol. The summed E-state index contributed by atoms with van der Waals surface area (Å²) in [6, 6.07) is 6.43. The van der Waals surface area contributed by atoms with Crippen LogP contribution in [0, 0.1) is 0 Å². The van der Waals surface area contributed by atoms with Crippen LogP contribution in [-0.2, 0) is 11.3 Å². The van der Waals surface area contributed by atoms with Crippen LogP contribution in [0.5, 0.6) is 0 Å². The van der Waals surface area contributed by atoms with Crippen LogP contribution in [0.15, 0.2) is 24.3 Å². The van der Waals surface area contributed by atoms with Crippen LogP contribution >= 0.6 is 0 Å². The van der Waals surface area contributed by atoms with Gasteiger partial charge in [-0.15, -0.1) is 0 Å². The molecule has 1 N–H and O–H groups in total. The summed E-state index contributed by atoms with van der Waals surface area (Å²) in [4.78, 5) is 2.24. The van der Waals surface area contributed by atoms with Crippen LogP contribution < -0.4 is 5.32 Å². The number of likely N-dealkylation sites (N-methyl/N-ethyl adjacent to an activating group) is 1. The fourth-order valence-corrected chi connectivity index (χ4v) is 2.15. The van der Waals surface area contributed by atoms with E-state index in [1.165, 1.54) is 12.1 Å². The zero-order valence-corrected chi connectivity index (χ0v) is 11.1. The Morgan fingerprint density at radius 1 is 1.37 bits per heavy atom. The second-order valence-corrected chi connectivity index (χ2v) is 4.93. The molecule has 19 heavy (non-hydrogen) atoms. The average molecular weight is 270 g/mol. The molecule has 5 heteroatoms. The molecule has 0 aromatic heterocycles. The highest BCUT2D eigenvalue weighted by molar-refractivity contribution is 5.23.